The van der Waals surface area contributed by atoms with E-state index in [1.54, 1.807) is 25.6 Å². The van der Waals surface area contributed by atoms with Gasteiger partial charge in [0.15, 0.2) is 0 Å². The van der Waals surface area contributed by atoms with Crippen molar-refractivity contribution >= 4 is 17.4 Å². The molecule has 1 amide bonds. The van der Waals surface area contributed by atoms with Crippen molar-refractivity contribution in [1.82, 2.24) is 9.97 Å². The smallest absolute Gasteiger partial charge is 0.259 e. The Morgan fingerprint density at radius 1 is 0.919 bits per heavy atom. The Labute approximate surface area is 217 Å². The number of carbonyl (C=O) groups excluding carboxylic acids is 1. The highest BCUT2D eigenvalue weighted by atomic mass is 16.5. The third-order valence-electron chi connectivity index (χ3n) is 6.06. The average Bonchev–Trinajstić information content (AvgIpc) is 2.90. The Hall–Kier alpha value is -4.39. The number of nitrogens with zero attached hydrogens (tertiary/aromatic N) is 2. The molecule has 0 atom stereocenters. The third kappa shape index (κ3) is 5.89. The molecule has 0 spiro atoms. The van der Waals surface area contributed by atoms with Crippen LogP contribution in [0.15, 0.2) is 73.1 Å². The topological polar surface area (TPSA) is 85.4 Å². The van der Waals surface area contributed by atoms with Crippen molar-refractivity contribution in [3.8, 4) is 28.5 Å². The van der Waals surface area contributed by atoms with Crippen LogP contribution in [0.3, 0.4) is 0 Å². The number of benzene rings is 2. The predicted octanol–water partition coefficient (Wildman–Crippen LogP) is 6.84. The second kappa shape index (κ2) is 10.7. The number of hydrogen-bond acceptors (Lipinski definition) is 6. The standard InChI is InChI=1S/C30H32N4O3/c1-19-9-11-22(34-28(35)24-17-21(30(2,3)4)10-12-25(24)36-6)18-26(19)37-29-23(8-7-14-33-29)20-13-15-32-27(16-20)31-5/h7-18H,1-6H3,(H,31,32)(H,34,35). The average molecular weight is 497 g/mol. The minimum Gasteiger partial charge on any atom is -0.496 e. The van der Waals surface area contributed by atoms with Gasteiger partial charge in [0.1, 0.15) is 17.3 Å². The van der Waals surface area contributed by atoms with Crippen LogP contribution in [-0.2, 0) is 5.41 Å². The van der Waals surface area contributed by atoms with Crippen molar-refractivity contribution in [2.45, 2.75) is 33.1 Å². The zero-order chi connectivity index (χ0) is 26.6. The number of pyridine rings is 2. The van der Waals surface area contributed by atoms with Gasteiger partial charge in [0.05, 0.1) is 12.7 Å². The SMILES string of the molecule is CNc1cc(-c2cccnc2Oc2cc(NC(=O)c3cc(C(C)(C)C)ccc3OC)ccc2C)ccn1. The monoisotopic (exact) mass is 496 g/mol. The summed E-state index contributed by atoms with van der Waals surface area (Å²) in [6.45, 7) is 8.28. The number of ether oxygens (including phenoxy) is 2. The van der Waals surface area contributed by atoms with Crippen LogP contribution in [0.5, 0.6) is 17.4 Å². The largest absolute Gasteiger partial charge is 0.496 e. The van der Waals surface area contributed by atoms with Crippen molar-refractivity contribution in [1.29, 1.82) is 0 Å². The van der Waals surface area contributed by atoms with Crippen molar-refractivity contribution in [2.75, 3.05) is 24.8 Å². The van der Waals surface area contributed by atoms with E-state index in [0.29, 0.717) is 28.6 Å². The molecule has 2 aromatic heterocycles. The van der Waals surface area contributed by atoms with E-state index in [-0.39, 0.29) is 11.3 Å². The van der Waals surface area contributed by atoms with E-state index in [1.807, 2.05) is 68.6 Å². The summed E-state index contributed by atoms with van der Waals surface area (Å²) in [5.74, 6) is 2.07. The fourth-order valence-corrected chi connectivity index (χ4v) is 3.87. The summed E-state index contributed by atoms with van der Waals surface area (Å²) < 4.78 is 11.7. The van der Waals surface area contributed by atoms with Crippen molar-refractivity contribution < 1.29 is 14.3 Å². The summed E-state index contributed by atoms with van der Waals surface area (Å²) in [6, 6.07) is 18.9. The van der Waals surface area contributed by atoms with Crippen LogP contribution in [0.4, 0.5) is 11.5 Å². The molecule has 0 unspecified atom stereocenters. The second-order valence-electron chi connectivity index (χ2n) is 9.74. The maximum Gasteiger partial charge on any atom is 0.259 e. The van der Waals surface area contributed by atoms with E-state index in [0.717, 1.165) is 28.1 Å². The molecule has 2 aromatic carbocycles. The van der Waals surface area contributed by atoms with Crippen molar-refractivity contribution in [3.63, 3.8) is 0 Å². The summed E-state index contributed by atoms with van der Waals surface area (Å²) in [7, 11) is 3.39. The first-order chi connectivity index (χ1) is 17.7. The van der Waals surface area contributed by atoms with Gasteiger partial charge in [0, 0.05) is 36.8 Å². The summed E-state index contributed by atoms with van der Waals surface area (Å²) >= 11 is 0. The number of hydrogen-bond donors (Lipinski definition) is 2. The molecule has 4 aromatic rings. The Kier molecular flexibility index (Phi) is 7.43. The van der Waals surface area contributed by atoms with E-state index in [4.69, 9.17) is 9.47 Å². The molecule has 0 saturated heterocycles. The molecule has 4 rings (SSSR count). The Bertz CT molecular complexity index is 1430. The van der Waals surface area contributed by atoms with Crippen LogP contribution >= 0.6 is 0 Å². The van der Waals surface area contributed by atoms with Crippen LogP contribution in [0.25, 0.3) is 11.1 Å². The van der Waals surface area contributed by atoms with Gasteiger partial charge in [-0.1, -0.05) is 32.9 Å². The molecule has 190 valence electrons. The molecule has 2 N–H and O–H groups in total. The summed E-state index contributed by atoms with van der Waals surface area (Å²) in [5.41, 5.74) is 4.69. The lowest BCUT2D eigenvalue weighted by Crippen LogP contribution is -2.17. The molecule has 7 heteroatoms. The van der Waals surface area contributed by atoms with Crippen LogP contribution in [0.2, 0.25) is 0 Å². The van der Waals surface area contributed by atoms with E-state index in [1.165, 1.54) is 0 Å². The van der Waals surface area contributed by atoms with E-state index >= 15 is 0 Å². The van der Waals surface area contributed by atoms with E-state index in [9.17, 15) is 4.79 Å². The van der Waals surface area contributed by atoms with Crippen LogP contribution in [-0.4, -0.2) is 30.0 Å². The lowest BCUT2D eigenvalue weighted by molar-refractivity contribution is 0.102. The Morgan fingerprint density at radius 3 is 2.46 bits per heavy atom. The van der Waals surface area contributed by atoms with Gasteiger partial charge >= 0.3 is 0 Å². The van der Waals surface area contributed by atoms with Gasteiger partial charge in [0.2, 0.25) is 5.88 Å². The highest BCUT2D eigenvalue weighted by molar-refractivity contribution is 6.06. The fraction of sp³-hybridized carbons (Fsp3) is 0.233. The molecule has 0 saturated carbocycles. The van der Waals surface area contributed by atoms with Crippen molar-refractivity contribution in [2.24, 2.45) is 0 Å². The lowest BCUT2D eigenvalue weighted by Gasteiger charge is -2.21. The Morgan fingerprint density at radius 2 is 1.73 bits per heavy atom. The van der Waals surface area contributed by atoms with Gasteiger partial charge in [0.25, 0.3) is 5.91 Å². The van der Waals surface area contributed by atoms with E-state index in [2.05, 4.69) is 41.4 Å². The molecular weight excluding hydrogens is 464 g/mol. The molecule has 0 aliphatic carbocycles. The number of aromatic nitrogens is 2. The molecule has 2 heterocycles. The number of rotatable bonds is 7. The third-order valence-corrected chi connectivity index (χ3v) is 6.06. The summed E-state index contributed by atoms with van der Waals surface area (Å²) in [4.78, 5) is 22.0. The molecule has 0 aliphatic rings. The van der Waals surface area contributed by atoms with Gasteiger partial charge in [-0.2, -0.15) is 0 Å². The number of carbonyl (C=O) groups is 1. The fourth-order valence-electron chi connectivity index (χ4n) is 3.87. The number of nitrogens with one attached hydrogen (secondary N) is 2. The summed E-state index contributed by atoms with van der Waals surface area (Å²) in [5, 5.41) is 6.04. The molecule has 0 aliphatic heterocycles. The highest BCUT2D eigenvalue weighted by Gasteiger charge is 2.20. The van der Waals surface area contributed by atoms with Crippen LogP contribution in [0, 0.1) is 6.92 Å². The highest BCUT2D eigenvalue weighted by Crippen LogP contribution is 2.35. The maximum absolute atomic E-state index is 13.3. The Balaban J connectivity index is 1.63. The first kappa shape index (κ1) is 25.7. The quantitative estimate of drug-likeness (QED) is 0.291. The van der Waals surface area contributed by atoms with Crippen LogP contribution < -0.4 is 20.1 Å². The molecule has 0 bridgehead atoms. The van der Waals surface area contributed by atoms with Gasteiger partial charge in [-0.05, 0) is 71.5 Å². The van der Waals surface area contributed by atoms with E-state index < -0.39 is 0 Å². The molecule has 7 nitrogen and oxygen atoms in total. The van der Waals surface area contributed by atoms with Gasteiger partial charge < -0.3 is 20.1 Å². The number of anilines is 2. The van der Waals surface area contributed by atoms with Gasteiger partial charge in [-0.15, -0.1) is 0 Å². The maximum atomic E-state index is 13.3. The predicted molar refractivity (Wildman–Crippen MR) is 148 cm³/mol. The molecular formula is C30H32N4O3. The minimum atomic E-state index is -0.257. The zero-order valence-electron chi connectivity index (χ0n) is 22.0. The van der Waals surface area contributed by atoms with Crippen LogP contribution in [0.1, 0.15) is 42.3 Å². The number of aryl methyl sites for hydroxylation is 1. The summed E-state index contributed by atoms with van der Waals surface area (Å²) in [6.07, 6.45) is 3.43. The first-order valence-electron chi connectivity index (χ1n) is 12.1. The van der Waals surface area contributed by atoms with Crippen molar-refractivity contribution in [3.05, 3.63) is 89.7 Å². The normalized spacial score (nSPS) is 11.1. The first-order valence-corrected chi connectivity index (χ1v) is 12.1. The second-order valence-corrected chi connectivity index (χ2v) is 9.74. The number of amides is 1. The lowest BCUT2D eigenvalue weighted by atomic mass is 9.86. The minimum absolute atomic E-state index is 0.102. The van der Waals surface area contributed by atoms with Gasteiger partial charge in [-0.3, -0.25) is 4.79 Å². The molecule has 0 radical (unpaired) electrons. The zero-order valence-corrected chi connectivity index (χ0v) is 22.0. The van der Waals surface area contributed by atoms with Gasteiger partial charge in [-0.25, -0.2) is 9.97 Å². The molecule has 0 fully saturated rings. The number of methoxy groups -OCH3 is 1. The molecule has 37 heavy (non-hydrogen) atoms.